The summed E-state index contributed by atoms with van der Waals surface area (Å²) >= 11 is 1.69. The molecule has 0 amide bonds. The van der Waals surface area contributed by atoms with Crippen LogP contribution in [0, 0.1) is 0 Å². The Labute approximate surface area is 118 Å². The highest BCUT2D eigenvalue weighted by Gasteiger charge is 2.23. The molecule has 1 N–H and O–H groups in total. The van der Waals surface area contributed by atoms with E-state index in [9.17, 15) is 0 Å². The number of aromatic nitrogens is 3. The van der Waals surface area contributed by atoms with E-state index in [0.717, 1.165) is 11.6 Å². The Morgan fingerprint density at radius 1 is 1.42 bits per heavy atom. The van der Waals surface area contributed by atoms with Crippen LogP contribution in [0.4, 0.5) is 0 Å². The van der Waals surface area contributed by atoms with Crippen LogP contribution in [0.25, 0.3) is 0 Å². The smallest absolute Gasteiger partial charge is 0.112 e. The second-order valence-electron chi connectivity index (χ2n) is 5.68. The normalized spacial score (nSPS) is 12.3. The fourth-order valence-corrected chi connectivity index (χ4v) is 2.84. The van der Waals surface area contributed by atoms with Crippen molar-refractivity contribution in [1.29, 1.82) is 0 Å². The van der Waals surface area contributed by atoms with Crippen LogP contribution in [0.5, 0.6) is 0 Å². The van der Waals surface area contributed by atoms with Crippen molar-refractivity contribution in [3.05, 3.63) is 34.0 Å². The summed E-state index contributed by atoms with van der Waals surface area (Å²) in [6, 6.07) is 0. The van der Waals surface area contributed by atoms with E-state index in [0.29, 0.717) is 5.92 Å². The van der Waals surface area contributed by atoms with Gasteiger partial charge in [-0.2, -0.15) is 5.10 Å². The minimum Gasteiger partial charge on any atom is -0.302 e. The highest BCUT2D eigenvalue weighted by Crippen LogP contribution is 2.24. The number of rotatable bonds is 5. The van der Waals surface area contributed by atoms with Gasteiger partial charge in [0.05, 0.1) is 11.2 Å². The van der Waals surface area contributed by atoms with Gasteiger partial charge in [0.1, 0.15) is 5.01 Å². The fraction of sp³-hybridized carbons (Fsp3) is 0.571. The zero-order chi connectivity index (χ0) is 14.0. The SMILES string of the molecule is CC(C)c1nn(C)cc1CNC(C)(C)c1nccs1. The van der Waals surface area contributed by atoms with Crippen LogP contribution in [-0.2, 0) is 19.1 Å². The second kappa shape index (κ2) is 5.43. The number of hydrogen-bond donors (Lipinski definition) is 1. The van der Waals surface area contributed by atoms with E-state index in [-0.39, 0.29) is 5.54 Å². The first-order chi connectivity index (χ1) is 8.90. The molecular formula is C14H22N4S. The topological polar surface area (TPSA) is 42.7 Å². The van der Waals surface area contributed by atoms with Crippen molar-refractivity contribution in [3.63, 3.8) is 0 Å². The minimum absolute atomic E-state index is 0.113. The van der Waals surface area contributed by atoms with Crippen LogP contribution in [0.3, 0.4) is 0 Å². The third-order valence-corrected chi connectivity index (χ3v) is 4.27. The lowest BCUT2D eigenvalue weighted by molar-refractivity contribution is 0.398. The molecule has 2 aromatic rings. The van der Waals surface area contributed by atoms with Gasteiger partial charge in [0.25, 0.3) is 0 Å². The molecule has 0 spiro atoms. The molecule has 5 heteroatoms. The van der Waals surface area contributed by atoms with Gasteiger partial charge in [0.2, 0.25) is 0 Å². The number of nitrogens with one attached hydrogen (secondary N) is 1. The highest BCUT2D eigenvalue weighted by molar-refractivity contribution is 7.09. The van der Waals surface area contributed by atoms with E-state index >= 15 is 0 Å². The van der Waals surface area contributed by atoms with Crippen LogP contribution < -0.4 is 5.32 Å². The zero-order valence-corrected chi connectivity index (χ0v) is 13.1. The first-order valence-corrected chi connectivity index (χ1v) is 7.45. The largest absolute Gasteiger partial charge is 0.302 e. The van der Waals surface area contributed by atoms with E-state index in [1.54, 1.807) is 11.3 Å². The summed E-state index contributed by atoms with van der Waals surface area (Å²) in [6.07, 6.45) is 3.95. The number of nitrogens with zero attached hydrogens (tertiary/aromatic N) is 3. The van der Waals surface area contributed by atoms with E-state index < -0.39 is 0 Å². The molecule has 0 fully saturated rings. The lowest BCUT2D eigenvalue weighted by atomic mass is 10.0. The Balaban J connectivity index is 2.10. The van der Waals surface area contributed by atoms with Crippen molar-refractivity contribution >= 4 is 11.3 Å². The maximum absolute atomic E-state index is 4.54. The average Bonchev–Trinajstić information content (AvgIpc) is 2.95. The van der Waals surface area contributed by atoms with Crippen molar-refractivity contribution in [2.45, 2.75) is 45.7 Å². The minimum atomic E-state index is -0.113. The van der Waals surface area contributed by atoms with Gasteiger partial charge < -0.3 is 5.32 Å². The van der Waals surface area contributed by atoms with Gasteiger partial charge in [0, 0.05) is 36.9 Å². The summed E-state index contributed by atoms with van der Waals surface area (Å²) in [5.41, 5.74) is 2.32. The van der Waals surface area contributed by atoms with Crippen molar-refractivity contribution in [1.82, 2.24) is 20.1 Å². The van der Waals surface area contributed by atoms with Crippen LogP contribution in [0.15, 0.2) is 17.8 Å². The molecule has 0 saturated carbocycles. The van der Waals surface area contributed by atoms with E-state index in [1.807, 2.05) is 23.3 Å². The molecule has 0 aliphatic heterocycles. The predicted molar refractivity (Wildman–Crippen MR) is 79.3 cm³/mol. The molecule has 2 aromatic heterocycles. The molecule has 0 aromatic carbocycles. The van der Waals surface area contributed by atoms with Crippen LogP contribution in [0.1, 0.15) is 49.9 Å². The van der Waals surface area contributed by atoms with Crippen molar-refractivity contribution < 1.29 is 0 Å². The summed E-state index contributed by atoms with van der Waals surface area (Å²) in [5, 5.41) is 11.2. The third kappa shape index (κ3) is 3.22. The first kappa shape index (κ1) is 14.2. The molecule has 2 rings (SSSR count). The second-order valence-corrected chi connectivity index (χ2v) is 6.58. The monoisotopic (exact) mass is 278 g/mol. The molecule has 0 atom stereocenters. The van der Waals surface area contributed by atoms with E-state index in [1.165, 1.54) is 11.3 Å². The molecule has 0 radical (unpaired) electrons. The van der Waals surface area contributed by atoms with E-state index in [2.05, 4.69) is 49.3 Å². The van der Waals surface area contributed by atoms with Crippen LogP contribution in [-0.4, -0.2) is 14.8 Å². The summed E-state index contributed by atoms with van der Waals surface area (Å²) < 4.78 is 1.89. The molecule has 19 heavy (non-hydrogen) atoms. The number of aryl methyl sites for hydroxylation is 1. The van der Waals surface area contributed by atoms with Gasteiger partial charge in [0.15, 0.2) is 0 Å². The Morgan fingerprint density at radius 3 is 2.74 bits per heavy atom. The van der Waals surface area contributed by atoms with Crippen LogP contribution in [0.2, 0.25) is 0 Å². The van der Waals surface area contributed by atoms with Crippen molar-refractivity contribution in [2.75, 3.05) is 0 Å². The molecule has 0 saturated heterocycles. The van der Waals surface area contributed by atoms with Gasteiger partial charge in [-0.1, -0.05) is 13.8 Å². The van der Waals surface area contributed by atoms with Gasteiger partial charge in [-0.3, -0.25) is 4.68 Å². The number of hydrogen-bond acceptors (Lipinski definition) is 4. The average molecular weight is 278 g/mol. The van der Waals surface area contributed by atoms with Gasteiger partial charge >= 0.3 is 0 Å². The molecule has 2 heterocycles. The molecular weight excluding hydrogens is 256 g/mol. The predicted octanol–water partition coefficient (Wildman–Crippen LogP) is 3.02. The molecule has 0 bridgehead atoms. The molecule has 0 unspecified atom stereocenters. The summed E-state index contributed by atoms with van der Waals surface area (Å²) in [5.74, 6) is 0.445. The zero-order valence-electron chi connectivity index (χ0n) is 12.3. The van der Waals surface area contributed by atoms with Crippen LogP contribution >= 0.6 is 11.3 Å². The lowest BCUT2D eigenvalue weighted by Crippen LogP contribution is -2.36. The quantitative estimate of drug-likeness (QED) is 0.914. The Kier molecular flexibility index (Phi) is 4.06. The van der Waals surface area contributed by atoms with Crippen molar-refractivity contribution in [2.24, 2.45) is 7.05 Å². The Hall–Kier alpha value is -1.20. The first-order valence-electron chi connectivity index (χ1n) is 6.57. The summed E-state index contributed by atoms with van der Waals surface area (Å²) in [7, 11) is 1.97. The Morgan fingerprint density at radius 2 is 2.16 bits per heavy atom. The van der Waals surface area contributed by atoms with E-state index in [4.69, 9.17) is 0 Å². The molecule has 104 valence electrons. The van der Waals surface area contributed by atoms with Gasteiger partial charge in [-0.05, 0) is 19.8 Å². The van der Waals surface area contributed by atoms with Crippen molar-refractivity contribution in [3.8, 4) is 0 Å². The number of thiazole rings is 1. The van der Waals surface area contributed by atoms with Gasteiger partial charge in [-0.15, -0.1) is 11.3 Å². The molecule has 0 aliphatic rings. The van der Waals surface area contributed by atoms with Gasteiger partial charge in [-0.25, -0.2) is 4.98 Å². The lowest BCUT2D eigenvalue weighted by Gasteiger charge is -2.24. The molecule has 4 nitrogen and oxygen atoms in total. The highest BCUT2D eigenvalue weighted by atomic mass is 32.1. The summed E-state index contributed by atoms with van der Waals surface area (Å²) in [6.45, 7) is 9.50. The molecule has 0 aliphatic carbocycles. The third-order valence-electron chi connectivity index (χ3n) is 3.17. The Bertz CT molecular complexity index is 526. The summed E-state index contributed by atoms with van der Waals surface area (Å²) in [4.78, 5) is 4.40. The standard InChI is InChI=1S/C14H22N4S/c1-10(2)12-11(9-18(5)17-12)8-16-14(3,4)13-15-6-7-19-13/h6-7,9-10,16H,8H2,1-5H3. The maximum atomic E-state index is 4.54. The fourth-order valence-electron chi connectivity index (χ4n) is 2.10. The maximum Gasteiger partial charge on any atom is 0.112 e.